The highest BCUT2D eigenvalue weighted by atomic mass is 16.5. The SMILES string of the molecule is NC(/C1=C/CCCCCC1)C1COc2ccccc21. The topological polar surface area (TPSA) is 35.2 Å². The number of rotatable bonds is 2. The van der Waals surface area contributed by atoms with E-state index >= 15 is 0 Å². The maximum Gasteiger partial charge on any atom is 0.122 e. The number of benzene rings is 1. The maximum absolute atomic E-state index is 6.54. The molecule has 1 aromatic rings. The first-order valence-electron chi connectivity index (χ1n) is 7.52. The molecule has 1 aliphatic heterocycles. The summed E-state index contributed by atoms with van der Waals surface area (Å²) in [6.45, 7) is 0.734. The minimum absolute atomic E-state index is 0.127. The molecule has 19 heavy (non-hydrogen) atoms. The second kappa shape index (κ2) is 5.79. The molecular formula is C17H23NO. The van der Waals surface area contributed by atoms with Crippen molar-refractivity contribution in [3.63, 3.8) is 0 Å². The molecular weight excluding hydrogens is 234 g/mol. The van der Waals surface area contributed by atoms with Gasteiger partial charge < -0.3 is 10.5 Å². The van der Waals surface area contributed by atoms with Gasteiger partial charge in [-0.2, -0.15) is 0 Å². The Morgan fingerprint density at radius 3 is 2.89 bits per heavy atom. The largest absolute Gasteiger partial charge is 0.493 e. The van der Waals surface area contributed by atoms with Crippen LogP contribution in [-0.4, -0.2) is 12.6 Å². The van der Waals surface area contributed by atoms with E-state index in [9.17, 15) is 0 Å². The summed E-state index contributed by atoms with van der Waals surface area (Å²) in [5.74, 6) is 1.36. The molecule has 0 fully saturated rings. The van der Waals surface area contributed by atoms with Gasteiger partial charge in [-0.25, -0.2) is 0 Å². The molecule has 2 aliphatic rings. The van der Waals surface area contributed by atoms with Crippen LogP contribution in [0.15, 0.2) is 35.9 Å². The normalized spacial score (nSPS) is 27.4. The second-order valence-electron chi connectivity index (χ2n) is 5.71. The zero-order chi connectivity index (χ0) is 13.1. The lowest BCUT2D eigenvalue weighted by Crippen LogP contribution is -2.31. The van der Waals surface area contributed by atoms with Gasteiger partial charge in [0.25, 0.3) is 0 Å². The lowest BCUT2D eigenvalue weighted by atomic mass is 9.85. The van der Waals surface area contributed by atoms with E-state index < -0.39 is 0 Å². The van der Waals surface area contributed by atoms with Gasteiger partial charge in [0.05, 0.1) is 6.61 Å². The molecule has 2 nitrogen and oxygen atoms in total. The van der Waals surface area contributed by atoms with Crippen molar-refractivity contribution in [3.8, 4) is 5.75 Å². The van der Waals surface area contributed by atoms with E-state index in [0.717, 1.165) is 12.4 Å². The molecule has 0 aromatic heterocycles. The molecule has 2 unspecified atom stereocenters. The predicted molar refractivity (Wildman–Crippen MR) is 78.4 cm³/mol. The third-order valence-electron chi connectivity index (χ3n) is 4.42. The summed E-state index contributed by atoms with van der Waals surface area (Å²) in [5.41, 5.74) is 9.28. The Morgan fingerprint density at radius 2 is 1.95 bits per heavy atom. The van der Waals surface area contributed by atoms with Gasteiger partial charge in [-0.3, -0.25) is 0 Å². The van der Waals surface area contributed by atoms with Gasteiger partial charge in [-0.15, -0.1) is 0 Å². The first-order chi connectivity index (χ1) is 9.36. The maximum atomic E-state index is 6.54. The molecule has 2 heteroatoms. The second-order valence-corrected chi connectivity index (χ2v) is 5.71. The van der Waals surface area contributed by atoms with Gasteiger partial charge in [-0.05, 0) is 31.7 Å². The quantitative estimate of drug-likeness (QED) is 0.818. The summed E-state index contributed by atoms with van der Waals surface area (Å²) in [6.07, 6.45) is 10.1. The fraction of sp³-hybridized carbons (Fsp3) is 0.529. The first-order valence-corrected chi connectivity index (χ1v) is 7.52. The van der Waals surface area contributed by atoms with Gasteiger partial charge in [0, 0.05) is 17.5 Å². The van der Waals surface area contributed by atoms with Crippen molar-refractivity contribution in [1.29, 1.82) is 0 Å². The van der Waals surface area contributed by atoms with Crippen LogP contribution < -0.4 is 10.5 Å². The van der Waals surface area contributed by atoms with E-state index in [0.29, 0.717) is 5.92 Å². The van der Waals surface area contributed by atoms with E-state index in [2.05, 4.69) is 24.3 Å². The molecule has 0 amide bonds. The molecule has 0 saturated carbocycles. The van der Waals surface area contributed by atoms with Crippen LogP contribution in [0.3, 0.4) is 0 Å². The highest BCUT2D eigenvalue weighted by molar-refractivity contribution is 5.42. The molecule has 0 saturated heterocycles. The van der Waals surface area contributed by atoms with Crippen molar-refractivity contribution in [1.82, 2.24) is 0 Å². The van der Waals surface area contributed by atoms with Crippen LogP contribution in [0.2, 0.25) is 0 Å². The van der Waals surface area contributed by atoms with Gasteiger partial charge >= 0.3 is 0 Å². The number of allylic oxidation sites excluding steroid dienone is 1. The molecule has 2 N–H and O–H groups in total. The molecule has 1 aliphatic carbocycles. The van der Waals surface area contributed by atoms with Gasteiger partial charge in [-0.1, -0.05) is 42.7 Å². The van der Waals surface area contributed by atoms with Crippen LogP contribution in [0.4, 0.5) is 0 Å². The number of fused-ring (bicyclic) bond motifs is 1. The molecule has 0 spiro atoms. The zero-order valence-corrected chi connectivity index (χ0v) is 11.5. The summed E-state index contributed by atoms with van der Waals surface area (Å²) in [6, 6.07) is 8.45. The highest BCUT2D eigenvalue weighted by Gasteiger charge is 2.30. The molecule has 102 valence electrons. The fourth-order valence-electron chi connectivity index (χ4n) is 3.26. The van der Waals surface area contributed by atoms with E-state index in [4.69, 9.17) is 10.5 Å². The van der Waals surface area contributed by atoms with Gasteiger partial charge in [0.1, 0.15) is 5.75 Å². The van der Waals surface area contributed by atoms with E-state index in [1.54, 1.807) is 0 Å². The van der Waals surface area contributed by atoms with E-state index in [1.165, 1.54) is 49.7 Å². The Labute approximate surface area is 115 Å². The Kier molecular flexibility index (Phi) is 3.88. The summed E-state index contributed by atoms with van der Waals surface area (Å²) in [7, 11) is 0. The average Bonchev–Trinajstić information content (AvgIpc) is 2.81. The van der Waals surface area contributed by atoms with Crippen LogP contribution in [0, 0.1) is 0 Å². The third kappa shape index (κ3) is 2.69. The summed E-state index contributed by atoms with van der Waals surface area (Å²) in [5, 5.41) is 0. The van der Waals surface area contributed by atoms with E-state index in [1.807, 2.05) is 6.07 Å². The average molecular weight is 257 g/mol. The molecule has 0 radical (unpaired) electrons. The number of nitrogens with two attached hydrogens (primary N) is 1. The van der Waals surface area contributed by atoms with Gasteiger partial charge in [0.2, 0.25) is 0 Å². The van der Waals surface area contributed by atoms with Crippen molar-refractivity contribution in [2.45, 2.75) is 50.5 Å². The minimum atomic E-state index is 0.127. The number of hydrogen-bond donors (Lipinski definition) is 1. The molecule has 1 aromatic carbocycles. The van der Waals surface area contributed by atoms with Crippen LogP contribution in [0.5, 0.6) is 5.75 Å². The lowest BCUT2D eigenvalue weighted by molar-refractivity contribution is 0.319. The van der Waals surface area contributed by atoms with Crippen LogP contribution in [-0.2, 0) is 0 Å². The molecule has 1 heterocycles. The monoisotopic (exact) mass is 257 g/mol. The van der Waals surface area contributed by atoms with E-state index in [-0.39, 0.29) is 6.04 Å². The smallest absolute Gasteiger partial charge is 0.122 e. The van der Waals surface area contributed by atoms with Crippen LogP contribution in [0.25, 0.3) is 0 Å². The highest BCUT2D eigenvalue weighted by Crippen LogP contribution is 2.37. The summed E-state index contributed by atoms with van der Waals surface area (Å²) in [4.78, 5) is 0. The predicted octanol–water partition coefficient (Wildman–Crippen LogP) is 3.77. The number of para-hydroxylation sites is 1. The molecule has 0 bridgehead atoms. The Hall–Kier alpha value is -1.28. The lowest BCUT2D eigenvalue weighted by Gasteiger charge is -2.23. The number of hydrogen-bond acceptors (Lipinski definition) is 2. The molecule has 2 atom stereocenters. The van der Waals surface area contributed by atoms with Crippen molar-refractivity contribution in [2.75, 3.05) is 6.61 Å². The Balaban J connectivity index is 1.78. The van der Waals surface area contributed by atoms with Crippen molar-refractivity contribution in [2.24, 2.45) is 5.73 Å². The Bertz CT molecular complexity index is 466. The standard InChI is InChI=1S/C17H23NO/c18-17(13-8-4-2-1-3-5-9-13)15-12-19-16-11-7-6-10-14(15)16/h6-8,10-11,15,17H,1-5,9,12,18H2/b13-8+. The minimum Gasteiger partial charge on any atom is -0.493 e. The summed E-state index contributed by atoms with van der Waals surface area (Å²) < 4.78 is 5.77. The third-order valence-corrected chi connectivity index (χ3v) is 4.42. The molecule has 3 rings (SSSR count). The van der Waals surface area contributed by atoms with Crippen LogP contribution >= 0.6 is 0 Å². The van der Waals surface area contributed by atoms with Crippen molar-refractivity contribution < 1.29 is 4.74 Å². The fourth-order valence-corrected chi connectivity index (χ4v) is 3.26. The number of ether oxygens (including phenoxy) is 1. The van der Waals surface area contributed by atoms with Crippen LogP contribution in [0.1, 0.15) is 50.0 Å². The first kappa shape index (κ1) is 12.7. The Morgan fingerprint density at radius 1 is 1.11 bits per heavy atom. The summed E-state index contributed by atoms with van der Waals surface area (Å²) >= 11 is 0. The van der Waals surface area contributed by atoms with Crippen molar-refractivity contribution >= 4 is 0 Å². The van der Waals surface area contributed by atoms with Gasteiger partial charge in [0.15, 0.2) is 0 Å². The zero-order valence-electron chi connectivity index (χ0n) is 11.5. The van der Waals surface area contributed by atoms with Crippen molar-refractivity contribution in [3.05, 3.63) is 41.5 Å².